The predicted molar refractivity (Wildman–Crippen MR) is 50.4 cm³/mol. The Morgan fingerprint density at radius 1 is 1.57 bits per heavy atom. The summed E-state index contributed by atoms with van der Waals surface area (Å²) in [6.45, 7) is 0. The van der Waals surface area contributed by atoms with Gasteiger partial charge in [-0.2, -0.15) is 0 Å². The molecule has 78 valence electrons. The molecule has 4 N–H and O–H groups in total. The van der Waals surface area contributed by atoms with Gasteiger partial charge in [-0.15, -0.1) is 0 Å². The van der Waals surface area contributed by atoms with Crippen LogP contribution < -0.4 is 11.6 Å². The molecule has 5 nitrogen and oxygen atoms in total. The van der Waals surface area contributed by atoms with Gasteiger partial charge in [0.05, 0.1) is 12.6 Å². The second-order valence-electron chi connectivity index (χ2n) is 4.19. The number of rotatable bonds is 3. The Morgan fingerprint density at radius 3 is 2.50 bits per heavy atom. The molecular weight excluding hydrogens is 182 g/mol. The summed E-state index contributed by atoms with van der Waals surface area (Å²) in [4.78, 5) is 11.0. The molecule has 0 unspecified atom stereocenters. The fraction of sp³-hybridized carbons (Fsp3) is 0.667. The van der Waals surface area contributed by atoms with E-state index in [2.05, 4.69) is 4.74 Å². The molecule has 3 aliphatic rings. The van der Waals surface area contributed by atoms with Crippen molar-refractivity contribution in [2.75, 3.05) is 7.11 Å². The van der Waals surface area contributed by atoms with Crippen LogP contribution in [-0.4, -0.2) is 23.6 Å². The van der Waals surface area contributed by atoms with Crippen molar-refractivity contribution < 1.29 is 9.53 Å². The molecule has 0 heterocycles. The standard InChI is InChI=1S/C9H15N3O2/c1-14-8(13)7(10)5-12(11)9-2-6(3-9)4-9/h5-6H,2-4,10-11H2,1H3/b7-5-. The third-order valence-corrected chi connectivity index (χ3v) is 3.25. The highest BCUT2D eigenvalue weighted by atomic mass is 16.5. The molecule has 2 bridgehead atoms. The molecule has 0 radical (unpaired) electrons. The van der Waals surface area contributed by atoms with E-state index < -0.39 is 5.97 Å². The minimum absolute atomic E-state index is 0.0553. The molecule has 0 aromatic rings. The lowest BCUT2D eigenvalue weighted by Gasteiger charge is -2.64. The Labute approximate surface area is 82.6 Å². The first-order valence-corrected chi connectivity index (χ1v) is 4.67. The Bertz CT molecular complexity index is 283. The average Bonchev–Trinajstić information content (AvgIpc) is 1.96. The van der Waals surface area contributed by atoms with Gasteiger partial charge in [0.25, 0.3) is 0 Å². The molecule has 0 aliphatic heterocycles. The summed E-state index contributed by atoms with van der Waals surface area (Å²) in [5, 5.41) is 1.57. The van der Waals surface area contributed by atoms with E-state index in [1.807, 2.05) is 0 Å². The highest BCUT2D eigenvalue weighted by Gasteiger charge is 2.59. The van der Waals surface area contributed by atoms with Crippen molar-refractivity contribution in [2.45, 2.75) is 24.8 Å². The lowest BCUT2D eigenvalue weighted by molar-refractivity contribution is -0.137. The minimum Gasteiger partial charge on any atom is -0.464 e. The second kappa shape index (κ2) is 2.88. The molecule has 0 aromatic carbocycles. The lowest BCUT2D eigenvalue weighted by Crippen LogP contribution is -2.68. The number of hydrogen-bond donors (Lipinski definition) is 2. The summed E-state index contributed by atoms with van der Waals surface area (Å²) in [5.41, 5.74) is 5.63. The second-order valence-corrected chi connectivity index (χ2v) is 4.19. The van der Waals surface area contributed by atoms with Gasteiger partial charge in [-0.05, 0) is 25.2 Å². The third kappa shape index (κ3) is 1.16. The van der Waals surface area contributed by atoms with E-state index in [1.165, 1.54) is 13.3 Å². The van der Waals surface area contributed by atoms with Gasteiger partial charge in [-0.3, -0.25) is 0 Å². The number of carbonyl (C=O) groups excluding carboxylic acids is 1. The van der Waals surface area contributed by atoms with Crippen LogP contribution in [0.5, 0.6) is 0 Å². The van der Waals surface area contributed by atoms with Crippen molar-refractivity contribution in [3.8, 4) is 0 Å². The van der Waals surface area contributed by atoms with Crippen LogP contribution in [0.4, 0.5) is 0 Å². The van der Waals surface area contributed by atoms with Crippen LogP contribution >= 0.6 is 0 Å². The number of ether oxygens (including phenoxy) is 1. The van der Waals surface area contributed by atoms with Crippen LogP contribution in [0.25, 0.3) is 0 Å². The van der Waals surface area contributed by atoms with Crippen molar-refractivity contribution in [3.63, 3.8) is 0 Å². The molecule has 0 saturated heterocycles. The molecule has 0 atom stereocenters. The smallest absolute Gasteiger partial charge is 0.355 e. The first kappa shape index (κ1) is 9.33. The molecule has 3 rings (SSSR count). The summed E-state index contributed by atoms with van der Waals surface area (Å²) in [6, 6.07) is 0. The van der Waals surface area contributed by atoms with Gasteiger partial charge in [0.2, 0.25) is 0 Å². The molecule has 0 spiro atoms. The fourth-order valence-corrected chi connectivity index (χ4v) is 2.21. The van der Waals surface area contributed by atoms with E-state index in [9.17, 15) is 4.79 Å². The van der Waals surface area contributed by atoms with Crippen LogP contribution in [0, 0.1) is 5.92 Å². The van der Waals surface area contributed by atoms with Gasteiger partial charge in [-0.25, -0.2) is 10.6 Å². The first-order chi connectivity index (χ1) is 6.57. The van der Waals surface area contributed by atoms with Crippen LogP contribution in [0.1, 0.15) is 19.3 Å². The Morgan fingerprint density at radius 2 is 2.14 bits per heavy atom. The number of nitrogens with two attached hydrogens (primary N) is 2. The van der Waals surface area contributed by atoms with Crippen LogP contribution in [0.15, 0.2) is 11.9 Å². The zero-order valence-electron chi connectivity index (χ0n) is 8.19. The van der Waals surface area contributed by atoms with Gasteiger partial charge < -0.3 is 15.5 Å². The van der Waals surface area contributed by atoms with Crippen molar-refractivity contribution >= 4 is 5.97 Å². The van der Waals surface area contributed by atoms with Crippen molar-refractivity contribution in [3.05, 3.63) is 11.9 Å². The maximum Gasteiger partial charge on any atom is 0.355 e. The summed E-state index contributed by atoms with van der Waals surface area (Å²) >= 11 is 0. The number of esters is 1. The van der Waals surface area contributed by atoms with Gasteiger partial charge in [-0.1, -0.05) is 0 Å². The van der Waals surface area contributed by atoms with E-state index in [1.54, 1.807) is 5.01 Å². The Balaban J connectivity index is 1.98. The molecule has 3 aliphatic carbocycles. The maximum atomic E-state index is 11.0. The van der Waals surface area contributed by atoms with Crippen molar-refractivity contribution in [1.82, 2.24) is 5.01 Å². The van der Waals surface area contributed by atoms with Crippen LogP contribution in [-0.2, 0) is 9.53 Å². The zero-order chi connectivity index (χ0) is 10.3. The number of hydrogen-bond acceptors (Lipinski definition) is 5. The van der Waals surface area contributed by atoms with E-state index >= 15 is 0 Å². The topological polar surface area (TPSA) is 81.6 Å². The number of nitrogens with zero attached hydrogens (tertiary/aromatic N) is 1. The molecule has 0 amide bonds. The summed E-state index contributed by atoms with van der Waals surface area (Å²) in [5.74, 6) is 6.12. The van der Waals surface area contributed by atoms with Crippen molar-refractivity contribution in [1.29, 1.82) is 0 Å². The van der Waals surface area contributed by atoms with E-state index in [0.717, 1.165) is 25.2 Å². The minimum atomic E-state index is -0.535. The van der Waals surface area contributed by atoms with E-state index in [-0.39, 0.29) is 11.2 Å². The average molecular weight is 197 g/mol. The molecule has 3 saturated carbocycles. The number of carbonyl (C=O) groups is 1. The quantitative estimate of drug-likeness (QED) is 0.281. The number of hydrazine groups is 1. The Kier molecular flexibility index (Phi) is 1.92. The molecule has 0 aromatic heterocycles. The molecule has 5 heteroatoms. The predicted octanol–water partition coefficient (Wildman–Crippen LogP) is -0.312. The van der Waals surface area contributed by atoms with Crippen LogP contribution in [0.2, 0.25) is 0 Å². The largest absolute Gasteiger partial charge is 0.464 e. The van der Waals surface area contributed by atoms with E-state index in [0.29, 0.717) is 0 Å². The Hall–Kier alpha value is -1.23. The molecular formula is C9H15N3O2. The highest BCUT2D eigenvalue weighted by Crippen LogP contribution is 2.59. The SMILES string of the molecule is COC(=O)/C(N)=C/N(N)C12CC(C1)C2. The summed E-state index contributed by atoms with van der Waals surface area (Å²) in [6.07, 6.45) is 4.83. The normalized spacial score (nSPS) is 34.1. The van der Waals surface area contributed by atoms with E-state index in [4.69, 9.17) is 11.6 Å². The highest BCUT2D eigenvalue weighted by molar-refractivity contribution is 5.87. The van der Waals surface area contributed by atoms with Gasteiger partial charge in [0.1, 0.15) is 5.70 Å². The monoisotopic (exact) mass is 197 g/mol. The molecule has 14 heavy (non-hydrogen) atoms. The van der Waals surface area contributed by atoms with Crippen LogP contribution in [0.3, 0.4) is 0 Å². The summed E-state index contributed by atoms with van der Waals surface area (Å²) < 4.78 is 4.48. The summed E-state index contributed by atoms with van der Waals surface area (Å²) in [7, 11) is 1.30. The van der Waals surface area contributed by atoms with Gasteiger partial charge in [0.15, 0.2) is 0 Å². The zero-order valence-corrected chi connectivity index (χ0v) is 8.19. The first-order valence-electron chi connectivity index (χ1n) is 4.67. The van der Waals surface area contributed by atoms with Gasteiger partial charge >= 0.3 is 5.97 Å². The maximum absolute atomic E-state index is 11.0. The third-order valence-electron chi connectivity index (χ3n) is 3.25. The molecule has 3 fully saturated rings. The van der Waals surface area contributed by atoms with Crippen molar-refractivity contribution in [2.24, 2.45) is 17.5 Å². The lowest BCUT2D eigenvalue weighted by atomic mass is 9.49. The van der Waals surface area contributed by atoms with Gasteiger partial charge in [0, 0.05) is 6.20 Å². The fourth-order valence-electron chi connectivity index (χ4n) is 2.21. The number of methoxy groups -OCH3 is 1.